The molecule has 1 heterocycles. The second-order valence-electron chi connectivity index (χ2n) is 5.10. The molecule has 0 bridgehead atoms. The lowest BCUT2D eigenvalue weighted by Crippen LogP contribution is -2.34. The Bertz CT molecular complexity index is 504. The Hall–Kier alpha value is -1.41. The molecule has 2 N–H and O–H groups in total. The van der Waals surface area contributed by atoms with Crippen molar-refractivity contribution in [3.63, 3.8) is 0 Å². The Kier molecular flexibility index (Phi) is 2.68. The topological polar surface area (TPSA) is 38.9 Å². The third-order valence-electron chi connectivity index (χ3n) is 2.70. The zero-order valence-corrected chi connectivity index (χ0v) is 10.1. The smallest absolute Gasteiger partial charge is 0.0502 e. The van der Waals surface area contributed by atoms with Gasteiger partial charge >= 0.3 is 0 Å². The van der Waals surface area contributed by atoms with Gasteiger partial charge in [-0.1, -0.05) is 18.2 Å². The molecule has 84 valence electrons. The van der Waals surface area contributed by atoms with E-state index in [2.05, 4.69) is 36.2 Å². The highest BCUT2D eigenvalue weighted by atomic mass is 14.7. The van der Waals surface area contributed by atoms with Crippen LogP contribution < -0.4 is 5.73 Å². The molecule has 0 aliphatic heterocycles. The van der Waals surface area contributed by atoms with E-state index in [1.54, 1.807) is 0 Å². The van der Waals surface area contributed by atoms with Crippen molar-refractivity contribution < 1.29 is 0 Å². The molecule has 0 aliphatic carbocycles. The Morgan fingerprint density at radius 2 is 2.00 bits per heavy atom. The van der Waals surface area contributed by atoms with Gasteiger partial charge in [0.15, 0.2) is 0 Å². The van der Waals surface area contributed by atoms with Gasteiger partial charge in [-0.2, -0.15) is 0 Å². The molecule has 2 aromatic rings. The molecule has 1 aromatic carbocycles. The van der Waals surface area contributed by atoms with Crippen LogP contribution in [0.25, 0.3) is 10.8 Å². The van der Waals surface area contributed by atoms with Crippen LogP contribution in [-0.2, 0) is 6.42 Å². The molecule has 1 aromatic heterocycles. The fraction of sp³-hybridized carbons (Fsp3) is 0.357. The lowest BCUT2D eigenvalue weighted by molar-refractivity contribution is 0.512. The van der Waals surface area contributed by atoms with Gasteiger partial charge in [-0.05, 0) is 37.8 Å². The summed E-state index contributed by atoms with van der Waals surface area (Å²) in [5, 5.41) is 2.50. The van der Waals surface area contributed by atoms with E-state index in [-0.39, 0.29) is 5.54 Å². The lowest BCUT2D eigenvalue weighted by atomic mass is 9.95. The average molecular weight is 214 g/mol. The van der Waals surface area contributed by atoms with Gasteiger partial charge in [-0.15, -0.1) is 0 Å². The maximum Gasteiger partial charge on any atom is 0.0502 e. The van der Waals surface area contributed by atoms with Crippen LogP contribution >= 0.6 is 0 Å². The van der Waals surface area contributed by atoms with Crippen LogP contribution in [0.4, 0.5) is 0 Å². The molecular formula is C14H18N2. The van der Waals surface area contributed by atoms with E-state index in [1.807, 2.05) is 20.0 Å². The van der Waals surface area contributed by atoms with Crippen molar-refractivity contribution in [3.8, 4) is 0 Å². The molecular weight excluding hydrogens is 196 g/mol. The number of nitrogens with two attached hydrogens (primary N) is 1. The third kappa shape index (κ3) is 2.22. The highest BCUT2D eigenvalue weighted by Gasteiger charge is 2.15. The minimum absolute atomic E-state index is 0.219. The number of rotatable bonds is 2. The van der Waals surface area contributed by atoms with E-state index in [1.165, 1.54) is 16.3 Å². The van der Waals surface area contributed by atoms with Crippen molar-refractivity contribution in [2.75, 3.05) is 0 Å². The molecule has 0 spiro atoms. The van der Waals surface area contributed by atoms with Gasteiger partial charge in [0.05, 0.1) is 5.69 Å². The van der Waals surface area contributed by atoms with E-state index in [4.69, 9.17) is 5.73 Å². The molecule has 2 rings (SSSR count). The molecule has 0 amide bonds. The minimum Gasteiger partial charge on any atom is -0.325 e. The molecule has 0 aliphatic rings. The van der Waals surface area contributed by atoms with Crippen molar-refractivity contribution in [2.45, 2.75) is 32.7 Å². The van der Waals surface area contributed by atoms with Gasteiger partial charge < -0.3 is 5.73 Å². The van der Waals surface area contributed by atoms with Crippen molar-refractivity contribution in [1.82, 2.24) is 4.98 Å². The van der Waals surface area contributed by atoms with E-state index >= 15 is 0 Å². The largest absolute Gasteiger partial charge is 0.325 e. The lowest BCUT2D eigenvalue weighted by Gasteiger charge is -2.19. The summed E-state index contributed by atoms with van der Waals surface area (Å²) in [5.74, 6) is 0. The van der Waals surface area contributed by atoms with Gasteiger partial charge in [0.2, 0.25) is 0 Å². The van der Waals surface area contributed by atoms with Gasteiger partial charge in [0.1, 0.15) is 0 Å². The summed E-state index contributed by atoms with van der Waals surface area (Å²) in [5.41, 5.74) is 8.22. The highest BCUT2D eigenvalue weighted by Crippen LogP contribution is 2.23. The molecule has 0 fully saturated rings. The monoisotopic (exact) mass is 214 g/mol. The van der Waals surface area contributed by atoms with Crippen LogP contribution in [0.3, 0.4) is 0 Å². The number of aryl methyl sites for hydroxylation is 1. The van der Waals surface area contributed by atoms with Gasteiger partial charge in [-0.25, -0.2) is 0 Å². The Morgan fingerprint density at radius 1 is 1.25 bits per heavy atom. The van der Waals surface area contributed by atoms with Crippen LogP contribution in [-0.4, -0.2) is 10.5 Å². The molecule has 0 saturated heterocycles. The maximum absolute atomic E-state index is 6.07. The molecule has 2 heteroatoms. The molecule has 2 nitrogen and oxygen atoms in total. The fourth-order valence-electron chi connectivity index (χ4n) is 2.06. The first-order valence-electron chi connectivity index (χ1n) is 5.59. The van der Waals surface area contributed by atoms with Crippen molar-refractivity contribution in [3.05, 3.63) is 41.7 Å². The summed E-state index contributed by atoms with van der Waals surface area (Å²) >= 11 is 0. The van der Waals surface area contributed by atoms with Crippen molar-refractivity contribution in [2.24, 2.45) is 5.73 Å². The molecule has 0 atom stereocenters. The fourth-order valence-corrected chi connectivity index (χ4v) is 2.06. The minimum atomic E-state index is -0.219. The predicted molar refractivity (Wildman–Crippen MR) is 68.5 cm³/mol. The number of hydrogen-bond acceptors (Lipinski definition) is 2. The zero-order valence-electron chi connectivity index (χ0n) is 10.1. The predicted octanol–water partition coefficient (Wildman–Crippen LogP) is 2.82. The van der Waals surface area contributed by atoms with Crippen LogP contribution in [0.15, 0.2) is 30.5 Å². The standard InChI is InChI=1S/C14H18N2/c1-10-5-4-6-11-7-8-16-12(13(10)11)9-14(2,3)15/h4-8H,9,15H2,1-3H3. The summed E-state index contributed by atoms with van der Waals surface area (Å²) in [6, 6.07) is 8.37. The van der Waals surface area contributed by atoms with E-state index in [0.717, 1.165) is 12.1 Å². The number of benzene rings is 1. The van der Waals surface area contributed by atoms with Crippen LogP contribution in [0.5, 0.6) is 0 Å². The van der Waals surface area contributed by atoms with Crippen LogP contribution in [0.2, 0.25) is 0 Å². The Morgan fingerprint density at radius 3 is 2.69 bits per heavy atom. The van der Waals surface area contributed by atoms with Crippen LogP contribution in [0.1, 0.15) is 25.1 Å². The van der Waals surface area contributed by atoms with Gasteiger partial charge in [-0.3, -0.25) is 4.98 Å². The van der Waals surface area contributed by atoms with E-state index < -0.39 is 0 Å². The molecule has 0 unspecified atom stereocenters. The summed E-state index contributed by atoms with van der Waals surface area (Å²) < 4.78 is 0. The Balaban J connectivity index is 2.61. The Labute approximate surface area is 96.5 Å². The second kappa shape index (κ2) is 3.87. The number of nitrogens with zero attached hydrogens (tertiary/aromatic N) is 1. The summed E-state index contributed by atoms with van der Waals surface area (Å²) in [6.07, 6.45) is 2.66. The SMILES string of the molecule is Cc1cccc2ccnc(CC(C)(C)N)c12. The molecule has 0 radical (unpaired) electrons. The van der Waals surface area contributed by atoms with Gasteiger partial charge in [0, 0.05) is 23.5 Å². The first-order valence-corrected chi connectivity index (χ1v) is 5.59. The summed E-state index contributed by atoms with van der Waals surface area (Å²) in [7, 11) is 0. The quantitative estimate of drug-likeness (QED) is 0.835. The number of fused-ring (bicyclic) bond motifs is 1. The summed E-state index contributed by atoms with van der Waals surface area (Å²) in [6.45, 7) is 6.19. The molecule has 16 heavy (non-hydrogen) atoms. The van der Waals surface area contributed by atoms with Crippen LogP contribution in [0, 0.1) is 6.92 Å². The summed E-state index contributed by atoms with van der Waals surface area (Å²) in [4.78, 5) is 4.47. The van der Waals surface area contributed by atoms with E-state index in [0.29, 0.717) is 0 Å². The number of aromatic nitrogens is 1. The first kappa shape index (κ1) is 11.1. The second-order valence-corrected chi connectivity index (χ2v) is 5.10. The first-order chi connectivity index (χ1) is 7.47. The number of hydrogen-bond donors (Lipinski definition) is 1. The van der Waals surface area contributed by atoms with Crippen molar-refractivity contribution >= 4 is 10.8 Å². The normalized spacial score (nSPS) is 12.0. The highest BCUT2D eigenvalue weighted by molar-refractivity contribution is 5.87. The number of pyridine rings is 1. The average Bonchev–Trinajstić information content (AvgIpc) is 2.15. The maximum atomic E-state index is 6.07. The van der Waals surface area contributed by atoms with Crippen molar-refractivity contribution in [1.29, 1.82) is 0 Å². The third-order valence-corrected chi connectivity index (χ3v) is 2.70. The zero-order chi connectivity index (χ0) is 11.8. The van der Waals surface area contributed by atoms with E-state index in [9.17, 15) is 0 Å². The molecule has 0 saturated carbocycles. The van der Waals surface area contributed by atoms with Gasteiger partial charge in [0.25, 0.3) is 0 Å².